The van der Waals surface area contributed by atoms with Crippen LogP contribution in [0.2, 0.25) is 0 Å². The predicted octanol–water partition coefficient (Wildman–Crippen LogP) is 5.65. The van der Waals surface area contributed by atoms with Crippen molar-refractivity contribution >= 4 is 33.1 Å². The van der Waals surface area contributed by atoms with E-state index in [9.17, 15) is 0 Å². The molecule has 0 amide bonds. The first-order valence-corrected chi connectivity index (χ1v) is 8.45. The summed E-state index contributed by atoms with van der Waals surface area (Å²) in [6.45, 7) is 4.25. The van der Waals surface area contributed by atoms with Gasteiger partial charge in [-0.1, -0.05) is 24.3 Å². The highest BCUT2D eigenvalue weighted by Crippen LogP contribution is 2.32. The Morgan fingerprint density at radius 2 is 1.91 bits per heavy atom. The highest BCUT2D eigenvalue weighted by atomic mass is 32.1. The Morgan fingerprint density at radius 3 is 2.78 bits per heavy atom. The number of thiazole rings is 1. The van der Waals surface area contributed by atoms with Crippen LogP contribution in [-0.4, -0.2) is 9.97 Å². The summed E-state index contributed by atoms with van der Waals surface area (Å²) >= 11 is 1.63. The van der Waals surface area contributed by atoms with E-state index < -0.39 is 0 Å². The lowest BCUT2D eigenvalue weighted by molar-refractivity contribution is 1.33. The first kappa shape index (κ1) is 14.0. The summed E-state index contributed by atoms with van der Waals surface area (Å²) in [7, 11) is 0. The largest absolute Gasteiger partial charge is 0.360 e. The van der Waals surface area contributed by atoms with Gasteiger partial charge in [0.15, 0.2) is 5.13 Å². The SMILES string of the molecule is Cc1ccc(Nc2nc(-c3c[nH]c4ccccc34)cs2)cc1C. The topological polar surface area (TPSA) is 40.7 Å². The van der Waals surface area contributed by atoms with E-state index >= 15 is 0 Å². The second-order valence-corrected chi connectivity index (χ2v) is 6.57. The van der Waals surface area contributed by atoms with E-state index in [4.69, 9.17) is 4.98 Å². The lowest BCUT2D eigenvalue weighted by Crippen LogP contribution is -1.91. The number of anilines is 2. The first-order valence-electron chi connectivity index (χ1n) is 7.57. The third-order valence-corrected chi connectivity index (χ3v) is 4.89. The van der Waals surface area contributed by atoms with Crippen LogP contribution in [0.3, 0.4) is 0 Å². The number of H-pyrrole nitrogens is 1. The number of para-hydroxylation sites is 1. The molecule has 4 aromatic rings. The summed E-state index contributed by atoms with van der Waals surface area (Å²) in [6.07, 6.45) is 2.03. The van der Waals surface area contributed by atoms with Crippen LogP contribution >= 0.6 is 11.3 Å². The van der Waals surface area contributed by atoms with Gasteiger partial charge >= 0.3 is 0 Å². The van der Waals surface area contributed by atoms with Gasteiger partial charge in [0.25, 0.3) is 0 Å². The summed E-state index contributed by atoms with van der Waals surface area (Å²) < 4.78 is 0. The number of benzene rings is 2. The zero-order chi connectivity index (χ0) is 15.8. The maximum atomic E-state index is 4.74. The monoisotopic (exact) mass is 319 g/mol. The van der Waals surface area contributed by atoms with Gasteiger partial charge in [0.2, 0.25) is 0 Å². The maximum Gasteiger partial charge on any atom is 0.187 e. The van der Waals surface area contributed by atoms with E-state index in [-0.39, 0.29) is 0 Å². The Balaban J connectivity index is 1.65. The van der Waals surface area contributed by atoms with Gasteiger partial charge in [-0.2, -0.15) is 0 Å². The molecule has 2 heterocycles. The fourth-order valence-corrected chi connectivity index (χ4v) is 3.41. The smallest absolute Gasteiger partial charge is 0.187 e. The molecule has 3 nitrogen and oxygen atoms in total. The van der Waals surface area contributed by atoms with Crippen molar-refractivity contribution in [3.8, 4) is 11.3 Å². The summed E-state index contributed by atoms with van der Waals surface area (Å²) in [6, 6.07) is 14.7. The molecule has 0 fully saturated rings. The fourth-order valence-electron chi connectivity index (χ4n) is 2.68. The molecule has 114 valence electrons. The zero-order valence-corrected chi connectivity index (χ0v) is 13.9. The highest BCUT2D eigenvalue weighted by molar-refractivity contribution is 7.14. The van der Waals surface area contributed by atoms with Crippen molar-refractivity contribution < 1.29 is 0 Å². The number of aromatic amines is 1. The molecule has 2 aromatic carbocycles. The lowest BCUT2D eigenvalue weighted by atomic mass is 10.1. The molecule has 2 aromatic heterocycles. The van der Waals surface area contributed by atoms with Gasteiger partial charge in [0.05, 0.1) is 5.69 Å². The molecule has 0 unspecified atom stereocenters. The van der Waals surface area contributed by atoms with Crippen LogP contribution in [0.15, 0.2) is 54.0 Å². The Morgan fingerprint density at radius 1 is 1.04 bits per heavy atom. The Labute approximate surface area is 139 Å². The number of hydrogen-bond donors (Lipinski definition) is 2. The van der Waals surface area contributed by atoms with Crippen molar-refractivity contribution in [2.45, 2.75) is 13.8 Å². The zero-order valence-electron chi connectivity index (χ0n) is 13.1. The van der Waals surface area contributed by atoms with Gasteiger partial charge in [-0.25, -0.2) is 4.98 Å². The average Bonchev–Trinajstić information content (AvgIpc) is 3.17. The molecule has 0 bridgehead atoms. The minimum Gasteiger partial charge on any atom is -0.360 e. The molecule has 0 aliphatic rings. The quantitative estimate of drug-likeness (QED) is 0.512. The van der Waals surface area contributed by atoms with Crippen molar-refractivity contribution in [1.29, 1.82) is 0 Å². The third kappa shape index (κ3) is 2.62. The predicted molar refractivity (Wildman–Crippen MR) is 98.6 cm³/mol. The molecule has 0 radical (unpaired) electrons. The van der Waals surface area contributed by atoms with E-state index in [0.717, 1.165) is 27.6 Å². The Hall–Kier alpha value is -2.59. The van der Waals surface area contributed by atoms with Gasteiger partial charge in [-0.3, -0.25) is 0 Å². The molecule has 4 heteroatoms. The molecule has 0 saturated heterocycles. The minimum atomic E-state index is 0.911. The minimum absolute atomic E-state index is 0.911. The molecule has 0 spiro atoms. The van der Waals surface area contributed by atoms with Crippen molar-refractivity contribution in [3.05, 3.63) is 65.2 Å². The second-order valence-electron chi connectivity index (χ2n) is 5.71. The van der Waals surface area contributed by atoms with Gasteiger partial charge < -0.3 is 10.3 Å². The van der Waals surface area contributed by atoms with E-state index in [1.54, 1.807) is 11.3 Å². The van der Waals surface area contributed by atoms with Crippen molar-refractivity contribution in [2.75, 3.05) is 5.32 Å². The van der Waals surface area contributed by atoms with Crippen LogP contribution in [0.5, 0.6) is 0 Å². The summed E-state index contributed by atoms with van der Waals surface area (Å²) in [5, 5.41) is 7.61. The molecule has 4 rings (SSSR count). The van der Waals surface area contributed by atoms with Crippen molar-refractivity contribution in [3.63, 3.8) is 0 Å². The molecule has 23 heavy (non-hydrogen) atoms. The van der Waals surface area contributed by atoms with E-state index in [2.05, 4.69) is 65.9 Å². The van der Waals surface area contributed by atoms with Crippen LogP contribution in [0, 0.1) is 13.8 Å². The van der Waals surface area contributed by atoms with Crippen molar-refractivity contribution in [1.82, 2.24) is 9.97 Å². The number of fused-ring (bicyclic) bond motifs is 1. The molecule has 0 aliphatic carbocycles. The normalized spacial score (nSPS) is 11.0. The van der Waals surface area contributed by atoms with E-state index in [0.29, 0.717) is 0 Å². The van der Waals surface area contributed by atoms with Gasteiger partial charge in [0, 0.05) is 33.7 Å². The third-order valence-electron chi connectivity index (χ3n) is 4.13. The van der Waals surface area contributed by atoms with E-state index in [1.165, 1.54) is 16.5 Å². The standard InChI is InChI=1S/C19H17N3S/c1-12-7-8-14(9-13(12)2)21-19-22-18(11-23-19)16-10-20-17-6-4-3-5-15(16)17/h3-11,20H,1-2H3,(H,21,22). The van der Waals surface area contributed by atoms with Crippen molar-refractivity contribution in [2.24, 2.45) is 0 Å². The number of hydrogen-bond acceptors (Lipinski definition) is 3. The first-order chi connectivity index (χ1) is 11.2. The Kier molecular flexibility index (Phi) is 3.39. The van der Waals surface area contributed by atoms with Crippen LogP contribution in [0.25, 0.3) is 22.2 Å². The molecule has 0 atom stereocenters. The Bertz CT molecular complexity index is 981. The molecular formula is C19H17N3S. The summed E-state index contributed by atoms with van der Waals surface area (Å²) in [5.74, 6) is 0. The van der Waals surface area contributed by atoms with Gasteiger partial charge in [-0.15, -0.1) is 11.3 Å². The van der Waals surface area contributed by atoms with Crippen LogP contribution in [-0.2, 0) is 0 Å². The number of aryl methyl sites for hydroxylation is 2. The average molecular weight is 319 g/mol. The number of nitrogens with zero attached hydrogens (tertiary/aromatic N) is 1. The lowest BCUT2D eigenvalue weighted by Gasteiger charge is -2.05. The van der Waals surface area contributed by atoms with Crippen LogP contribution < -0.4 is 5.32 Å². The van der Waals surface area contributed by atoms with Gasteiger partial charge in [0.1, 0.15) is 0 Å². The van der Waals surface area contributed by atoms with Crippen LogP contribution in [0.4, 0.5) is 10.8 Å². The molecule has 0 aliphatic heterocycles. The number of rotatable bonds is 3. The highest BCUT2D eigenvalue weighted by Gasteiger charge is 2.10. The fraction of sp³-hybridized carbons (Fsp3) is 0.105. The van der Waals surface area contributed by atoms with E-state index in [1.807, 2.05) is 12.3 Å². The molecule has 2 N–H and O–H groups in total. The second kappa shape index (κ2) is 5.56. The number of aromatic nitrogens is 2. The molecule has 0 saturated carbocycles. The number of nitrogens with one attached hydrogen (secondary N) is 2. The maximum absolute atomic E-state index is 4.74. The van der Waals surface area contributed by atoms with Crippen LogP contribution in [0.1, 0.15) is 11.1 Å². The van der Waals surface area contributed by atoms with Gasteiger partial charge in [-0.05, 0) is 43.2 Å². The molecular weight excluding hydrogens is 302 g/mol. The summed E-state index contributed by atoms with van der Waals surface area (Å²) in [5.41, 5.74) is 6.94. The summed E-state index contributed by atoms with van der Waals surface area (Å²) in [4.78, 5) is 8.04.